The highest BCUT2D eigenvalue weighted by Gasteiger charge is 2.01. The molecule has 5 nitrogen and oxygen atoms in total. The molecular weight excluding hydrogens is 284 g/mol. The SMILES string of the molecule is Cc1csc(NN=Cc2ccccc2OCCN(C)C)n1. The Morgan fingerprint density at radius 3 is 2.90 bits per heavy atom. The second-order valence-electron chi connectivity index (χ2n) is 4.85. The van der Waals surface area contributed by atoms with Crippen LogP contribution in [0, 0.1) is 6.92 Å². The molecule has 21 heavy (non-hydrogen) atoms. The lowest BCUT2D eigenvalue weighted by Crippen LogP contribution is -2.19. The van der Waals surface area contributed by atoms with Crippen molar-refractivity contribution in [3.05, 3.63) is 40.9 Å². The van der Waals surface area contributed by atoms with Crippen LogP contribution >= 0.6 is 11.3 Å². The maximum absolute atomic E-state index is 5.78. The zero-order chi connectivity index (χ0) is 15.1. The fourth-order valence-electron chi connectivity index (χ4n) is 1.62. The van der Waals surface area contributed by atoms with E-state index in [9.17, 15) is 0 Å². The average Bonchev–Trinajstić information content (AvgIpc) is 2.86. The number of benzene rings is 1. The van der Waals surface area contributed by atoms with E-state index >= 15 is 0 Å². The Hall–Kier alpha value is -1.92. The van der Waals surface area contributed by atoms with Crippen LogP contribution in [0.15, 0.2) is 34.7 Å². The number of nitrogens with one attached hydrogen (secondary N) is 1. The lowest BCUT2D eigenvalue weighted by molar-refractivity contribution is 0.261. The van der Waals surface area contributed by atoms with Crippen LogP contribution in [0.3, 0.4) is 0 Å². The standard InChI is InChI=1S/C15H20N4OS/c1-12-11-21-15(17-12)18-16-10-13-6-4-5-7-14(13)20-9-8-19(2)3/h4-7,10-11H,8-9H2,1-3H3,(H,17,18). The molecule has 2 aromatic rings. The smallest absolute Gasteiger partial charge is 0.203 e. The normalized spacial score (nSPS) is 11.2. The van der Waals surface area contributed by atoms with Gasteiger partial charge in [-0.2, -0.15) is 5.10 Å². The summed E-state index contributed by atoms with van der Waals surface area (Å²) in [6, 6.07) is 7.85. The number of nitrogens with zero attached hydrogens (tertiary/aromatic N) is 3. The minimum absolute atomic E-state index is 0.650. The van der Waals surface area contributed by atoms with E-state index in [1.54, 1.807) is 6.21 Å². The molecule has 1 heterocycles. The number of hydrogen-bond acceptors (Lipinski definition) is 6. The van der Waals surface area contributed by atoms with E-state index in [2.05, 4.69) is 20.4 Å². The molecule has 0 aliphatic heterocycles. The summed E-state index contributed by atoms with van der Waals surface area (Å²) in [5.41, 5.74) is 4.86. The van der Waals surface area contributed by atoms with E-state index in [1.807, 2.05) is 50.7 Å². The number of hydrazone groups is 1. The van der Waals surface area contributed by atoms with Crippen molar-refractivity contribution in [1.82, 2.24) is 9.88 Å². The maximum Gasteiger partial charge on any atom is 0.203 e. The second-order valence-corrected chi connectivity index (χ2v) is 5.71. The van der Waals surface area contributed by atoms with Crippen molar-refractivity contribution in [2.75, 3.05) is 32.7 Å². The fourth-order valence-corrected chi connectivity index (χ4v) is 2.26. The zero-order valence-electron chi connectivity index (χ0n) is 12.5. The Kier molecular flexibility index (Phi) is 5.71. The molecule has 0 saturated heterocycles. The third kappa shape index (κ3) is 5.17. The number of aryl methyl sites for hydroxylation is 1. The van der Waals surface area contributed by atoms with E-state index in [-0.39, 0.29) is 0 Å². The van der Waals surface area contributed by atoms with Gasteiger partial charge in [-0.3, -0.25) is 5.43 Å². The van der Waals surface area contributed by atoms with Crippen LogP contribution in [-0.2, 0) is 0 Å². The molecule has 0 radical (unpaired) electrons. The van der Waals surface area contributed by atoms with Crippen LogP contribution < -0.4 is 10.2 Å². The highest BCUT2D eigenvalue weighted by molar-refractivity contribution is 7.13. The summed E-state index contributed by atoms with van der Waals surface area (Å²) in [5.74, 6) is 0.834. The molecule has 0 amide bonds. The minimum Gasteiger partial charge on any atom is -0.492 e. The highest BCUT2D eigenvalue weighted by Crippen LogP contribution is 2.17. The number of hydrogen-bond donors (Lipinski definition) is 1. The van der Waals surface area contributed by atoms with Crippen molar-refractivity contribution >= 4 is 22.7 Å². The van der Waals surface area contributed by atoms with E-state index in [1.165, 1.54) is 11.3 Å². The highest BCUT2D eigenvalue weighted by atomic mass is 32.1. The number of anilines is 1. The van der Waals surface area contributed by atoms with Crippen molar-refractivity contribution in [3.63, 3.8) is 0 Å². The van der Waals surface area contributed by atoms with Gasteiger partial charge in [0, 0.05) is 17.5 Å². The number of aromatic nitrogens is 1. The largest absolute Gasteiger partial charge is 0.492 e. The molecule has 1 aromatic carbocycles. The van der Waals surface area contributed by atoms with Crippen LogP contribution in [0.2, 0.25) is 0 Å². The van der Waals surface area contributed by atoms with Gasteiger partial charge in [0.2, 0.25) is 5.13 Å². The predicted molar refractivity (Wildman–Crippen MR) is 88.6 cm³/mol. The first-order valence-corrected chi connectivity index (χ1v) is 7.61. The topological polar surface area (TPSA) is 49.8 Å². The molecule has 1 aromatic heterocycles. The number of para-hydroxylation sites is 1. The van der Waals surface area contributed by atoms with Gasteiger partial charge in [0.05, 0.1) is 11.9 Å². The van der Waals surface area contributed by atoms with Crippen LogP contribution in [-0.4, -0.2) is 43.3 Å². The second kappa shape index (κ2) is 7.75. The van der Waals surface area contributed by atoms with E-state index in [0.717, 1.165) is 28.7 Å². The van der Waals surface area contributed by atoms with Gasteiger partial charge in [0.1, 0.15) is 12.4 Å². The number of rotatable bonds is 7. The monoisotopic (exact) mass is 304 g/mol. The Bertz CT molecular complexity index is 595. The van der Waals surface area contributed by atoms with Gasteiger partial charge in [-0.25, -0.2) is 4.98 Å². The zero-order valence-corrected chi connectivity index (χ0v) is 13.4. The van der Waals surface area contributed by atoms with Gasteiger partial charge >= 0.3 is 0 Å². The maximum atomic E-state index is 5.78. The molecule has 0 fully saturated rings. The van der Waals surface area contributed by atoms with Gasteiger partial charge < -0.3 is 9.64 Å². The summed E-state index contributed by atoms with van der Waals surface area (Å²) in [5, 5.41) is 6.98. The first-order chi connectivity index (χ1) is 10.1. The van der Waals surface area contributed by atoms with Gasteiger partial charge in [0.15, 0.2) is 0 Å². The third-order valence-corrected chi connectivity index (χ3v) is 3.56. The van der Waals surface area contributed by atoms with E-state index in [0.29, 0.717) is 6.61 Å². The summed E-state index contributed by atoms with van der Waals surface area (Å²) < 4.78 is 5.78. The lowest BCUT2D eigenvalue weighted by Gasteiger charge is -2.12. The summed E-state index contributed by atoms with van der Waals surface area (Å²) >= 11 is 1.53. The molecule has 2 rings (SSSR count). The van der Waals surface area contributed by atoms with Gasteiger partial charge in [-0.1, -0.05) is 12.1 Å². The van der Waals surface area contributed by atoms with Crippen LogP contribution in [0.5, 0.6) is 5.75 Å². The molecule has 0 aliphatic carbocycles. The summed E-state index contributed by atoms with van der Waals surface area (Å²) in [7, 11) is 4.05. The molecule has 1 N–H and O–H groups in total. The Labute approximate surface area is 129 Å². The van der Waals surface area contributed by atoms with Gasteiger partial charge in [-0.15, -0.1) is 11.3 Å². The van der Waals surface area contributed by atoms with Crippen molar-refractivity contribution in [3.8, 4) is 5.75 Å². The van der Waals surface area contributed by atoms with Crippen LogP contribution in [0.25, 0.3) is 0 Å². The van der Waals surface area contributed by atoms with Gasteiger partial charge in [0.25, 0.3) is 0 Å². The molecular formula is C15H20N4OS. The third-order valence-electron chi connectivity index (χ3n) is 2.70. The predicted octanol–water partition coefficient (Wildman–Crippen LogP) is 2.84. The molecule has 0 atom stereocenters. The van der Waals surface area contributed by atoms with Gasteiger partial charge in [-0.05, 0) is 33.2 Å². The van der Waals surface area contributed by atoms with Crippen molar-refractivity contribution in [2.45, 2.75) is 6.92 Å². The molecule has 0 spiro atoms. The molecule has 0 aliphatic rings. The number of thiazole rings is 1. The van der Waals surface area contributed by atoms with Crippen molar-refractivity contribution in [1.29, 1.82) is 0 Å². The fraction of sp³-hybridized carbons (Fsp3) is 0.333. The summed E-state index contributed by atoms with van der Waals surface area (Å²) in [4.78, 5) is 6.38. The molecule has 0 unspecified atom stereocenters. The summed E-state index contributed by atoms with van der Waals surface area (Å²) in [6.45, 7) is 3.48. The first-order valence-electron chi connectivity index (χ1n) is 6.73. The minimum atomic E-state index is 0.650. The number of likely N-dealkylation sites (N-methyl/N-ethyl adjacent to an activating group) is 1. The van der Waals surface area contributed by atoms with Crippen LogP contribution in [0.4, 0.5) is 5.13 Å². The Morgan fingerprint density at radius 2 is 2.19 bits per heavy atom. The van der Waals surface area contributed by atoms with E-state index in [4.69, 9.17) is 4.74 Å². The summed E-state index contributed by atoms with van der Waals surface area (Å²) in [6.07, 6.45) is 1.75. The first kappa shape index (κ1) is 15.5. The van der Waals surface area contributed by atoms with Crippen molar-refractivity contribution in [2.24, 2.45) is 5.10 Å². The van der Waals surface area contributed by atoms with Crippen LogP contribution in [0.1, 0.15) is 11.3 Å². The average molecular weight is 304 g/mol. The Balaban J connectivity index is 1.95. The Morgan fingerprint density at radius 1 is 1.38 bits per heavy atom. The number of ether oxygens (including phenoxy) is 1. The molecule has 0 bridgehead atoms. The van der Waals surface area contributed by atoms with Crippen molar-refractivity contribution < 1.29 is 4.74 Å². The quantitative estimate of drug-likeness (QED) is 0.631. The molecule has 0 saturated carbocycles. The molecule has 6 heteroatoms. The molecule has 112 valence electrons. The lowest BCUT2D eigenvalue weighted by atomic mass is 10.2. The van der Waals surface area contributed by atoms with E-state index < -0.39 is 0 Å².